The van der Waals surface area contributed by atoms with Crippen LogP contribution in [0.2, 0.25) is 0 Å². The van der Waals surface area contributed by atoms with Crippen LogP contribution in [-0.2, 0) is 13.2 Å². The second-order valence-electron chi connectivity index (χ2n) is 3.61. The number of benzene rings is 1. The summed E-state index contributed by atoms with van der Waals surface area (Å²) in [5.41, 5.74) is 4.99. The summed E-state index contributed by atoms with van der Waals surface area (Å²) in [5, 5.41) is 3.95. The Morgan fingerprint density at radius 1 is 1.33 bits per heavy atom. The van der Waals surface area contributed by atoms with Crippen molar-refractivity contribution in [3.8, 4) is 11.4 Å². The fourth-order valence-corrected chi connectivity index (χ4v) is 1.81. The van der Waals surface area contributed by atoms with E-state index in [9.17, 15) is 13.2 Å². The smallest absolute Gasteiger partial charge is 0.368 e. The first kappa shape index (κ1) is 12.9. The fourth-order valence-electron chi connectivity index (χ4n) is 1.38. The van der Waals surface area contributed by atoms with E-state index in [-0.39, 0.29) is 17.3 Å². The third-order valence-electron chi connectivity index (χ3n) is 2.33. The molecule has 0 spiro atoms. The molecule has 2 N–H and O–H groups in total. The Morgan fingerprint density at radius 2 is 2.00 bits per heavy atom. The largest absolute Gasteiger partial charge is 0.416 e. The van der Waals surface area contributed by atoms with Gasteiger partial charge in [0, 0.05) is 17.1 Å². The van der Waals surface area contributed by atoms with Crippen LogP contribution in [0.5, 0.6) is 0 Å². The van der Waals surface area contributed by atoms with Gasteiger partial charge in [0.2, 0.25) is 5.95 Å². The predicted molar refractivity (Wildman–Crippen MR) is 63.6 cm³/mol. The summed E-state index contributed by atoms with van der Waals surface area (Å²) in [4.78, 5) is 3.90. The van der Waals surface area contributed by atoms with Gasteiger partial charge < -0.3 is 5.73 Å². The summed E-state index contributed by atoms with van der Waals surface area (Å²) in [6, 6.07) is 3.28. The lowest BCUT2D eigenvalue weighted by atomic mass is 10.1. The Labute approximate surface area is 109 Å². The van der Waals surface area contributed by atoms with Crippen LogP contribution < -0.4 is 5.73 Å². The average Bonchev–Trinajstić information content (AvgIpc) is 2.58. The highest BCUT2D eigenvalue weighted by molar-refractivity contribution is 9.10. The van der Waals surface area contributed by atoms with Crippen molar-refractivity contribution in [2.24, 2.45) is 7.05 Å². The zero-order valence-corrected chi connectivity index (χ0v) is 10.7. The first-order valence-electron chi connectivity index (χ1n) is 4.82. The molecule has 8 heteroatoms. The van der Waals surface area contributed by atoms with Gasteiger partial charge in [-0.15, -0.1) is 5.10 Å². The molecule has 4 nitrogen and oxygen atoms in total. The van der Waals surface area contributed by atoms with E-state index >= 15 is 0 Å². The second kappa shape index (κ2) is 4.27. The lowest BCUT2D eigenvalue weighted by Crippen LogP contribution is -2.05. The standard InChI is InChI=1S/C10H8BrF3N4/c1-18-9(15)16-8(17-18)6-4-5(10(12,13)14)2-3-7(6)11/h2-4H,1H3,(H2,15,16,17). The number of alkyl halides is 3. The number of hydrogen-bond donors (Lipinski definition) is 1. The van der Waals surface area contributed by atoms with Crippen molar-refractivity contribution in [3.63, 3.8) is 0 Å². The van der Waals surface area contributed by atoms with E-state index in [1.165, 1.54) is 10.7 Å². The number of nitrogens with zero attached hydrogens (tertiary/aromatic N) is 3. The van der Waals surface area contributed by atoms with Gasteiger partial charge in [-0.2, -0.15) is 18.2 Å². The van der Waals surface area contributed by atoms with Crippen LogP contribution in [0.3, 0.4) is 0 Å². The van der Waals surface area contributed by atoms with Crippen molar-refractivity contribution < 1.29 is 13.2 Å². The van der Waals surface area contributed by atoms with E-state index in [0.29, 0.717) is 4.47 Å². The minimum absolute atomic E-state index is 0.134. The van der Waals surface area contributed by atoms with Crippen molar-refractivity contribution in [1.82, 2.24) is 14.8 Å². The van der Waals surface area contributed by atoms with Gasteiger partial charge in [-0.25, -0.2) is 4.68 Å². The quantitative estimate of drug-likeness (QED) is 0.879. The van der Waals surface area contributed by atoms with Gasteiger partial charge in [-0.3, -0.25) is 0 Å². The number of nitrogens with two attached hydrogens (primary N) is 1. The number of halogens is 4. The molecule has 0 aliphatic rings. The molecule has 0 fully saturated rings. The highest BCUT2D eigenvalue weighted by Crippen LogP contribution is 2.35. The lowest BCUT2D eigenvalue weighted by molar-refractivity contribution is -0.137. The first-order chi connectivity index (χ1) is 8.29. The number of hydrogen-bond acceptors (Lipinski definition) is 3. The maximum atomic E-state index is 12.6. The van der Waals surface area contributed by atoms with Crippen LogP contribution in [-0.4, -0.2) is 14.8 Å². The topological polar surface area (TPSA) is 56.7 Å². The van der Waals surface area contributed by atoms with Crippen LogP contribution in [0.25, 0.3) is 11.4 Å². The first-order valence-corrected chi connectivity index (χ1v) is 5.62. The van der Waals surface area contributed by atoms with Gasteiger partial charge in [0.15, 0.2) is 5.82 Å². The monoisotopic (exact) mass is 320 g/mol. The van der Waals surface area contributed by atoms with Crippen molar-refractivity contribution in [3.05, 3.63) is 28.2 Å². The molecule has 0 atom stereocenters. The van der Waals surface area contributed by atoms with E-state index in [2.05, 4.69) is 26.0 Å². The lowest BCUT2D eigenvalue weighted by Gasteiger charge is -2.08. The van der Waals surface area contributed by atoms with Crippen molar-refractivity contribution in [2.75, 3.05) is 5.73 Å². The SMILES string of the molecule is Cn1nc(-c2cc(C(F)(F)F)ccc2Br)nc1N. The molecule has 0 amide bonds. The molecule has 0 saturated heterocycles. The van der Waals surface area contributed by atoms with Gasteiger partial charge in [-0.1, -0.05) is 15.9 Å². The maximum Gasteiger partial charge on any atom is 0.416 e. The molecule has 2 aromatic rings. The normalized spacial score (nSPS) is 11.8. The number of anilines is 1. The fraction of sp³-hybridized carbons (Fsp3) is 0.200. The molecular formula is C10H8BrF3N4. The zero-order valence-electron chi connectivity index (χ0n) is 9.16. The zero-order chi connectivity index (χ0) is 13.5. The Balaban J connectivity index is 2.56. The van der Waals surface area contributed by atoms with Gasteiger partial charge in [0.1, 0.15) is 0 Å². The van der Waals surface area contributed by atoms with Crippen molar-refractivity contribution >= 4 is 21.9 Å². The molecule has 1 aromatic heterocycles. The van der Waals surface area contributed by atoms with E-state index < -0.39 is 11.7 Å². The van der Waals surface area contributed by atoms with Gasteiger partial charge in [-0.05, 0) is 18.2 Å². The minimum atomic E-state index is -4.41. The van der Waals surface area contributed by atoms with E-state index in [1.807, 2.05) is 0 Å². The number of aromatic nitrogens is 3. The molecule has 0 saturated carbocycles. The molecular weight excluding hydrogens is 313 g/mol. The molecule has 1 aromatic carbocycles. The maximum absolute atomic E-state index is 12.6. The van der Waals surface area contributed by atoms with Crippen LogP contribution in [0.1, 0.15) is 5.56 Å². The number of aryl methyl sites for hydroxylation is 1. The van der Waals surface area contributed by atoms with Crippen molar-refractivity contribution in [2.45, 2.75) is 6.18 Å². The van der Waals surface area contributed by atoms with E-state index in [4.69, 9.17) is 5.73 Å². The predicted octanol–water partition coefficient (Wildman–Crippen LogP) is 2.85. The summed E-state index contributed by atoms with van der Waals surface area (Å²) in [6.45, 7) is 0. The molecule has 0 unspecified atom stereocenters. The third-order valence-corrected chi connectivity index (χ3v) is 3.02. The van der Waals surface area contributed by atoms with Crippen LogP contribution in [0, 0.1) is 0 Å². The van der Waals surface area contributed by atoms with Crippen LogP contribution in [0.4, 0.5) is 19.1 Å². The molecule has 0 aliphatic carbocycles. The van der Waals surface area contributed by atoms with E-state index in [1.54, 1.807) is 7.05 Å². The van der Waals surface area contributed by atoms with Crippen LogP contribution >= 0.6 is 15.9 Å². The van der Waals surface area contributed by atoms with E-state index in [0.717, 1.165) is 12.1 Å². The Morgan fingerprint density at radius 3 is 2.50 bits per heavy atom. The average molecular weight is 321 g/mol. The Hall–Kier alpha value is -1.57. The molecule has 0 bridgehead atoms. The van der Waals surface area contributed by atoms with Gasteiger partial charge in [0.05, 0.1) is 5.56 Å². The summed E-state index contributed by atoms with van der Waals surface area (Å²) in [7, 11) is 1.56. The Bertz CT molecular complexity index is 572. The minimum Gasteiger partial charge on any atom is -0.368 e. The van der Waals surface area contributed by atoms with Crippen molar-refractivity contribution in [1.29, 1.82) is 0 Å². The highest BCUT2D eigenvalue weighted by atomic mass is 79.9. The van der Waals surface area contributed by atoms with Crippen LogP contribution in [0.15, 0.2) is 22.7 Å². The summed E-state index contributed by atoms with van der Waals surface area (Å²) in [5.74, 6) is 0.280. The molecule has 0 aliphatic heterocycles. The summed E-state index contributed by atoms with van der Waals surface area (Å²) in [6.07, 6.45) is -4.41. The Kier molecular flexibility index (Phi) is 3.05. The molecule has 18 heavy (non-hydrogen) atoms. The number of rotatable bonds is 1. The second-order valence-corrected chi connectivity index (χ2v) is 4.46. The summed E-state index contributed by atoms with van der Waals surface area (Å²) < 4.78 is 39.6. The highest BCUT2D eigenvalue weighted by Gasteiger charge is 2.31. The van der Waals surface area contributed by atoms with Gasteiger partial charge in [0.25, 0.3) is 0 Å². The van der Waals surface area contributed by atoms with Gasteiger partial charge >= 0.3 is 6.18 Å². The molecule has 1 heterocycles. The number of nitrogen functional groups attached to an aromatic ring is 1. The molecule has 2 rings (SSSR count). The third kappa shape index (κ3) is 2.33. The molecule has 96 valence electrons. The summed E-state index contributed by atoms with van der Waals surface area (Å²) >= 11 is 3.17. The molecule has 0 radical (unpaired) electrons.